The van der Waals surface area contributed by atoms with Crippen LogP contribution in [0.15, 0.2) is 57.0 Å². The van der Waals surface area contributed by atoms with Gasteiger partial charge in [-0.2, -0.15) is 0 Å². The second kappa shape index (κ2) is 13.1. The largest absolute Gasteiger partial charge is 0.493 e. The van der Waals surface area contributed by atoms with E-state index in [-0.39, 0.29) is 41.8 Å². The number of carbonyl (C=O) groups is 2. The first-order valence-electron chi connectivity index (χ1n) is 12.4. The highest BCUT2D eigenvalue weighted by Gasteiger charge is 2.35. The summed E-state index contributed by atoms with van der Waals surface area (Å²) in [5.41, 5.74) is 2.04. The average molecular weight is 586 g/mol. The van der Waals surface area contributed by atoms with Crippen LogP contribution in [0.3, 0.4) is 0 Å². The number of aromatic nitrogens is 2. The summed E-state index contributed by atoms with van der Waals surface area (Å²) in [7, 11) is -1.13. The second-order valence-corrected chi connectivity index (χ2v) is 10.6. The minimum atomic E-state index is -4.25. The molecule has 0 bridgehead atoms. The van der Waals surface area contributed by atoms with Gasteiger partial charge in [-0.25, -0.2) is 8.42 Å². The zero-order chi connectivity index (χ0) is 29.4. The molecule has 0 aliphatic carbocycles. The highest BCUT2D eigenvalue weighted by molar-refractivity contribution is 7.91. The molecule has 0 unspecified atom stereocenters. The number of carbonyl (C=O) groups excluding carboxylic acids is 2. The van der Waals surface area contributed by atoms with E-state index in [1.807, 2.05) is 12.1 Å². The molecule has 14 heteroatoms. The molecule has 4 rings (SSSR count). The van der Waals surface area contributed by atoms with Gasteiger partial charge >= 0.3 is 16.9 Å². The van der Waals surface area contributed by atoms with Crippen molar-refractivity contribution in [3.8, 4) is 29.2 Å². The molecule has 1 aliphatic heterocycles. The maximum absolute atomic E-state index is 12.7. The summed E-state index contributed by atoms with van der Waals surface area (Å²) in [4.78, 5) is 26.0. The third-order valence-electron chi connectivity index (χ3n) is 6.18. The average Bonchev–Trinajstić information content (AvgIpc) is 3.37. The molecule has 13 nitrogen and oxygen atoms in total. The fourth-order valence-corrected chi connectivity index (χ4v) is 5.39. The van der Waals surface area contributed by atoms with Crippen LogP contribution in [0, 0.1) is 17.0 Å². The first-order valence-corrected chi connectivity index (χ1v) is 13.9. The van der Waals surface area contributed by atoms with Crippen molar-refractivity contribution < 1.29 is 46.5 Å². The van der Waals surface area contributed by atoms with E-state index in [1.165, 1.54) is 24.3 Å². The molecule has 0 saturated heterocycles. The van der Waals surface area contributed by atoms with Crippen LogP contribution in [0.1, 0.15) is 24.0 Å². The van der Waals surface area contributed by atoms with Crippen molar-refractivity contribution in [2.24, 2.45) is 0 Å². The molecule has 1 amide bonds. The number of benzene rings is 2. The van der Waals surface area contributed by atoms with E-state index in [0.29, 0.717) is 31.0 Å². The number of amides is 1. The molecule has 216 valence electrons. The molecule has 1 aromatic heterocycles. The van der Waals surface area contributed by atoms with E-state index in [2.05, 4.69) is 21.6 Å². The number of methoxy groups -OCH3 is 2. The van der Waals surface area contributed by atoms with E-state index < -0.39 is 26.7 Å². The Labute approximate surface area is 236 Å². The third kappa shape index (κ3) is 6.87. The van der Waals surface area contributed by atoms with Crippen molar-refractivity contribution in [3.63, 3.8) is 0 Å². The molecular formula is C27H27N3O10S. The Morgan fingerprint density at radius 3 is 2.44 bits per heavy atom. The number of rotatable bonds is 10. The Hall–Kier alpha value is -4.77. The summed E-state index contributed by atoms with van der Waals surface area (Å²) in [6, 6.07) is 11.0. The van der Waals surface area contributed by atoms with E-state index in [1.54, 1.807) is 25.2 Å². The molecule has 2 aromatic carbocycles. The third-order valence-corrected chi connectivity index (χ3v) is 7.91. The molecule has 1 aliphatic rings. The Morgan fingerprint density at radius 1 is 1.05 bits per heavy atom. The van der Waals surface area contributed by atoms with Gasteiger partial charge < -0.3 is 29.1 Å². The van der Waals surface area contributed by atoms with Gasteiger partial charge in [0.15, 0.2) is 24.7 Å². The maximum Gasteiger partial charge on any atom is 0.415 e. The lowest BCUT2D eigenvalue weighted by Crippen LogP contribution is -2.36. The number of fused-ring (bicyclic) bond motifs is 1. The Bertz CT molecular complexity index is 1580. The second-order valence-electron chi connectivity index (χ2n) is 8.70. The van der Waals surface area contributed by atoms with Crippen molar-refractivity contribution in [3.05, 3.63) is 58.8 Å². The van der Waals surface area contributed by atoms with Crippen molar-refractivity contribution in [1.29, 1.82) is 0 Å². The Balaban J connectivity index is 1.21. The van der Waals surface area contributed by atoms with Gasteiger partial charge in [0.25, 0.3) is 9.84 Å². The predicted octanol–water partition coefficient (Wildman–Crippen LogP) is 1.45. The van der Waals surface area contributed by atoms with Crippen LogP contribution in [-0.2, 0) is 37.1 Å². The van der Waals surface area contributed by atoms with Crippen LogP contribution >= 0.6 is 0 Å². The van der Waals surface area contributed by atoms with Crippen LogP contribution < -0.4 is 19.1 Å². The van der Waals surface area contributed by atoms with Crippen molar-refractivity contribution in [1.82, 2.24) is 10.1 Å². The number of esters is 1. The number of sulfone groups is 1. The zero-order valence-corrected chi connectivity index (χ0v) is 23.1. The fraction of sp³-hybridized carbons (Fsp3) is 0.333. The van der Waals surface area contributed by atoms with Gasteiger partial charge in [0.05, 0.1) is 30.7 Å². The lowest BCUT2D eigenvalue weighted by Gasteiger charge is -2.29. The number of nitrogens with zero attached hydrogens (tertiary/aromatic N) is 3. The minimum absolute atomic E-state index is 0.0159. The number of hydrogen-bond donors (Lipinski definition) is 0. The van der Waals surface area contributed by atoms with Gasteiger partial charge in [-0.1, -0.05) is 30.0 Å². The van der Waals surface area contributed by atoms with Crippen LogP contribution in [-0.4, -0.2) is 64.3 Å². The van der Waals surface area contributed by atoms with Crippen LogP contribution in [0.25, 0.3) is 0 Å². The zero-order valence-electron chi connectivity index (χ0n) is 22.3. The van der Waals surface area contributed by atoms with Gasteiger partial charge in [-0.05, 0) is 46.7 Å². The minimum Gasteiger partial charge on any atom is -0.493 e. The van der Waals surface area contributed by atoms with Gasteiger partial charge in [0.2, 0.25) is 5.91 Å². The molecule has 2 heterocycles. The lowest BCUT2D eigenvalue weighted by atomic mass is 9.98. The molecule has 41 heavy (non-hydrogen) atoms. The molecule has 0 atom stereocenters. The van der Waals surface area contributed by atoms with E-state index in [0.717, 1.165) is 11.1 Å². The SMILES string of the molecule is COc1cc2c(cc1OC)CN(C(=O)CCC(=O)OCC#CCOc1no[n+]([O-])c1S(=O)(=O)c1ccccc1)CC2. The highest BCUT2D eigenvalue weighted by atomic mass is 32.2. The summed E-state index contributed by atoms with van der Waals surface area (Å²) in [5.74, 6) is 4.97. The molecule has 0 spiro atoms. The lowest BCUT2D eigenvalue weighted by molar-refractivity contribution is -0.832. The van der Waals surface area contributed by atoms with Crippen molar-refractivity contribution >= 4 is 21.7 Å². The number of hydrogen-bond acceptors (Lipinski definition) is 11. The maximum atomic E-state index is 12.7. The standard InChI is InChI=1S/C27H27N3O10S/c1-36-22-16-19-12-13-29(18-20(19)17-23(22)37-2)24(31)10-11-25(32)38-14-6-7-15-39-26-27(30(33)40-28-26)41(34,35)21-8-4-3-5-9-21/h3-5,8-9,16-17H,10-15,18H2,1-2H3. The fourth-order valence-electron chi connectivity index (χ4n) is 4.10. The van der Waals surface area contributed by atoms with Crippen molar-refractivity contribution in [2.75, 3.05) is 34.0 Å². The smallest absolute Gasteiger partial charge is 0.415 e. The number of ether oxygens (including phenoxy) is 4. The predicted molar refractivity (Wildman–Crippen MR) is 139 cm³/mol. The summed E-state index contributed by atoms with van der Waals surface area (Å²) in [6.07, 6.45) is 0.528. The summed E-state index contributed by atoms with van der Waals surface area (Å²) < 4.78 is 50.7. The van der Waals surface area contributed by atoms with Crippen molar-refractivity contribution in [2.45, 2.75) is 35.7 Å². The normalized spacial score (nSPS) is 12.5. The van der Waals surface area contributed by atoms with Gasteiger partial charge in [0, 0.05) is 19.5 Å². The van der Waals surface area contributed by atoms with Gasteiger partial charge in [-0.3, -0.25) is 14.2 Å². The Morgan fingerprint density at radius 2 is 1.73 bits per heavy atom. The monoisotopic (exact) mass is 585 g/mol. The Kier molecular flexibility index (Phi) is 9.30. The van der Waals surface area contributed by atoms with E-state index in [4.69, 9.17) is 18.9 Å². The summed E-state index contributed by atoms with van der Waals surface area (Å²) >= 11 is 0. The first kappa shape index (κ1) is 29.2. The first-order chi connectivity index (χ1) is 19.7. The molecule has 0 N–H and O–H groups in total. The molecule has 0 fully saturated rings. The summed E-state index contributed by atoms with van der Waals surface area (Å²) in [5, 5.41) is 14.4. The van der Waals surface area contributed by atoms with Crippen LogP contribution in [0.2, 0.25) is 0 Å². The van der Waals surface area contributed by atoms with E-state index >= 15 is 0 Å². The molecular weight excluding hydrogens is 558 g/mol. The molecule has 0 radical (unpaired) electrons. The topological polar surface area (TPSA) is 161 Å². The summed E-state index contributed by atoms with van der Waals surface area (Å²) in [6.45, 7) is 0.299. The quantitative estimate of drug-likeness (QED) is 0.192. The van der Waals surface area contributed by atoms with Crippen LogP contribution in [0.5, 0.6) is 17.4 Å². The molecule has 0 saturated carbocycles. The van der Waals surface area contributed by atoms with E-state index in [9.17, 15) is 23.2 Å². The molecule has 3 aromatic rings. The highest BCUT2D eigenvalue weighted by Crippen LogP contribution is 2.33. The van der Waals surface area contributed by atoms with Gasteiger partial charge in [0.1, 0.15) is 0 Å². The van der Waals surface area contributed by atoms with Crippen LogP contribution in [0.4, 0.5) is 0 Å². The van der Waals surface area contributed by atoms with Gasteiger partial charge in [-0.15, -0.1) is 0 Å².